The second-order valence-electron chi connectivity index (χ2n) is 7.16. The standard InChI is InChI=1S/C19H19N5O3S/c25-18-19(8-4-9-20-12-19)23-16-14-7-10-24(17(14)21-11-15(16)22-18)28(26,27)13-5-2-1-3-6-13/h1-3,5-7,10-11,20,23H,4,8-9,12H2,(H,22,25). The lowest BCUT2D eigenvalue weighted by Gasteiger charge is -2.41. The van der Waals surface area contributed by atoms with Gasteiger partial charge >= 0.3 is 0 Å². The molecule has 28 heavy (non-hydrogen) atoms. The predicted octanol–water partition coefficient (Wildman–Crippen LogP) is 1.76. The summed E-state index contributed by atoms with van der Waals surface area (Å²) in [4.78, 5) is 17.2. The number of fused-ring (bicyclic) bond motifs is 3. The number of rotatable bonds is 2. The van der Waals surface area contributed by atoms with Crippen LogP contribution in [-0.4, -0.2) is 41.9 Å². The molecule has 2 aliphatic heterocycles. The largest absolute Gasteiger partial charge is 0.368 e. The Kier molecular flexibility index (Phi) is 3.72. The third-order valence-electron chi connectivity index (χ3n) is 5.41. The van der Waals surface area contributed by atoms with Gasteiger partial charge in [-0.15, -0.1) is 0 Å². The van der Waals surface area contributed by atoms with Crippen molar-refractivity contribution in [3.63, 3.8) is 0 Å². The van der Waals surface area contributed by atoms with Crippen molar-refractivity contribution >= 4 is 38.3 Å². The molecule has 0 bridgehead atoms. The summed E-state index contributed by atoms with van der Waals surface area (Å²) in [7, 11) is -3.77. The summed E-state index contributed by atoms with van der Waals surface area (Å²) in [6.45, 7) is 1.39. The molecule has 3 N–H and O–H groups in total. The molecule has 9 heteroatoms. The molecule has 4 heterocycles. The summed E-state index contributed by atoms with van der Waals surface area (Å²) in [5.74, 6) is -0.0929. The summed E-state index contributed by atoms with van der Waals surface area (Å²) >= 11 is 0. The maximum Gasteiger partial charge on any atom is 0.269 e. The van der Waals surface area contributed by atoms with Crippen molar-refractivity contribution in [2.45, 2.75) is 23.3 Å². The Hall–Kier alpha value is -2.91. The van der Waals surface area contributed by atoms with Crippen LogP contribution in [0.2, 0.25) is 0 Å². The number of amides is 1. The number of benzene rings is 1. The van der Waals surface area contributed by atoms with Gasteiger partial charge in [-0.25, -0.2) is 17.4 Å². The van der Waals surface area contributed by atoms with Crippen LogP contribution in [0.1, 0.15) is 12.8 Å². The van der Waals surface area contributed by atoms with Crippen LogP contribution < -0.4 is 16.0 Å². The average molecular weight is 397 g/mol. The molecule has 2 aliphatic rings. The van der Waals surface area contributed by atoms with Crippen LogP contribution in [0.15, 0.2) is 53.7 Å². The molecule has 0 aliphatic carbocycles. The highest BCUT2D eigenvalue weighted by Crippen LogP contribution is 2.39. The lowest BCUT2D eigenvalue weighted by Crippen LogP contribution is -2.60. The Balaban J connectivity index is 1.65. The zero-order valence-corrected chi connectivity index (χ0v) is 15.8. The van der Waals surface area contributed by atoms with E-state index in [1.807, 2.05) is 0 Å². The molecular weight excluding hydrogens is 378 g/mol. The van der Waals surface area contributed by atoms with Crippen LogP contribution in [0.4, 0.5) is 11.4 Å². The first-order valence-electron chi connectivity index (χ1n) is 9.12. The van der Waals surface area contributed by atoms with Gasteiger partial charge in [-0.3, -0.25) is 4.79 Å². The highest BCUT2D eigenvalue weighted by atomic mass is 32.2. The fourth-order valence-corrected chi connectivity index (χ4v) is 5.26. The number of anilines is 2. The van der Waals surface area contributed by atoms with Crippen molar-refractivity contribution in [1.29, 1.82) is 0 Å². The van der Waals surface area contributed by atoms with E-state index in [1.54, 1.807) is 36.4 Å². The van der Waals surface area contributed by atoms with Crippen molar-refractivity contribution in [2.24, 2.45) is 0 Å². The molecule has 1 amide bonds. The van der Waals surface area contributed by atoms with E-state index in [9.17, 15) is 13.2 Å². The number of carbonyl (C=O) groups excluding carboxylic acids is 1. The Morgan fingerprint density at radius 3 is 2.71 bits per heavy atom. The van der Waals surface area contributed by atoms with E-state index in [-0.39, 0.29) is 10.8 Å². The second-order valence-corrected chi connectivity index (χ2v) is 8.97. The highest BCUT2D eigenvalue weighted by molar-refractivity contribution is 7.90. The number of hydrogen-bond donors (Lipinski definition) is 3. The van der Waals surface area contributed by atoms with Crippen molar-refractivity contribution < 1.29 is 13.2 Å². The van der Waals surface area contributed by atoms with Crippen LogP contribution in [0.5, 0.6) is 0 Å². The maximum absolute atomic E-state index is 13.0. The number of pyridine rings is 1. The molecule has 1 aromatic carbocycles. The topological polar surface area (TPSA) is 105 Å². The van der Waals surface area contributed by atoms with Gasteiger partial charge in [0.05, 0.1) is 22.5 Å². The number of hydrogen-bond acceptors (Lipinski definition) is 6. The van der Waals surface area contributed by atoms with Crippen molar-refractivity contribution in [1.82, 2.24) is 14.3 Å². The number of nitrogens with zero attached hydrogens (tertiary/aromatic N) is 2. The van der Waals surface area contributed by atoms with Gasteiger partial charge in [0, 0.05) is 18.1 Å². The number of carbonyl (C=O) groups is 1. The Labute approximate surface area is 162 Å². The van der Waals surface area contributed by atoms with Gasteiger partial charge in [-0.2, -0.15) is 0 Å². The van der Waals surface area contributed by atoms with Crippen molar-refractivity contribution in [3.05, 3.63) is 48.8 Å². The van der Waals surface area contributed by atoms with Gasteiger partial charge < -0.3 is 16.0 Å². The maximum atomic E-state index is 13.0. The van der Waals surface area contributed by atoms with Gasteiger partial charge in [-0.05, 0) is 37.6 Å². The minimum Gasteiger partial charge on any atom is -0.368 e. The van der Waals surface area contributed by atoms with Gasteiger partial charge in [0.25, 0.3) is 15.9 Å². The number of aromatic nitrogens is 2. The summed E-state index contributed by atoms with van der Waals surface area (Å²) in [5.41, 5.74) is 0.851. The molecule has 144 valence electrons. The SMILES string of the molecule is O=C1Nc2cnc3c(ccn3S(=O)(=O)c3ccccc3)c2NC12CCCNC2. The third kappa shape index (κ3) is 2.43. The first-order chi connectivity index (χ1) is 13.5. The van der Waals surface area contributed by atoms with Crippen molar-refractivity contribution in [3.8, 4) is 0 Å². The molecule has 1 saturated heterocycles. The van der Waals surface area contributed by atoms with Crippen molar-refractivity contribution in [2.75, 3.05) is 23.7 Å². The van der Waals surface area contributed by atoms with Crippen LogP contribution in [0, 0.1) is 0 Å². The molecule has 0 saturated carbocycles. The number of piperidine rings is 1. The van der Waals surface area contributed by atoms with E-state index >= 15 is 0 Å². The highest BCUT2D eigenvalue weighted by Gasteiger charge is 2.43. The summed E-state index contributed by atoms with van der Waals surface area (Å²) in [6, 6.07) is 9.97. The minimum atomic E-state index is -3.77. The van der Waals surface area contributed by atoms with E-state index in [0.29, 0.717) is 35.4 Å². The second kappa shape index (κ2) is 6.05. The molecule has 8 nitrogen and oxygen atoms in total. The van der Waals surface area contributed by atoms with Gasteiger partial charge in [0.2, 0.25) is 0 Å². The Bertz CT molecular complexity index is 1180. The lowest BCUT2D eigenvalue weighted by atomic mass is 9.87. The zero-order chi connectivity index (χ0) is 19.4. The van der Waals surface area contributed by atoms with E-state index < -0.39 is 15.6 Å². The van der Waals surface area contributed by atoms with Gasteiger partial charge in [0.1, 0.15) is 5.54 Å². The molecule has 2 aromatic heterocycles. The quantitative estimate of drug-likeness (QED) is 0.609. The monoisotopic (exact) mass is 397 g/mol. The van der Waals surface area contributed by atoms with E-state index in [0.717, 1.165) is 13.0 Å². The summed E-state index contributed by atoms with van der Waals surface area (Å²) in [6.07, 6.45) is 4.60. The Morgan fingerprint density at radius 1 is 1.14 bits per heavy atom. The third-order valence-corrected chi connectivity index (χ3v) is 7.09. The molecule has 0 radical (unpaired) electrons. The summed E-state index contributed by atoms with van der Waals surface area (Å²) in [5, 5.41) is 10.2. The molecule has 1 atom stereocenters. The zero-order valence-electron chi connectivity index (χ0n) is 15.0. The fraction of sp³-hybridized carbons (Fsp3) is 0.263. The summed E-state index contributed by atoms with van der Waals surface area (Å²) < 4.78 is 27.3. The minimum absolute atomic E-state index is 0.0929. The first-order valence-corrected chi connectivity index (χ1v) is 10.6. The first kappa shape index (κ1) is 17.2. The normalized spacial score (nSPS) is 21.9. The van der Waals surface area contributed by atoms with Crippen LogP contribution in [0.3, 0.4) is 0 Å². The average Bonchev–Trinajstić information content (AvgIpc) is 3.16. The number of nitrogens with one attached hydrogen (secondary N) is 3. The molecule has 1 unspecified atom stereocenters. The Morgan fingerprint density at radius 2 is 1.96 bits per heavy atom. The van der Waals surface area contributed by atoms with Crippen LogP contribution in [-0.2, 0) is 14.8 Å². The van der Waals surface area contributed by atoms with Gasteiger partial charge in [0.15, 0.2) is 5.65 Å². The lowest BCUT2D eigenvalue weighted by molar-refractivity contribution is -0.121. The molecule has 3 aromatic rings. The molecule has 1 fully saturated rings. The molecule has 5 rings (SSSR count). The van der Waals surface area contributed by atoms with E-state index in [1.165, 1.54) is 16.4 Å². The smallest absolute Gasteiger partial charge is 0.269 e. The van der Waals surface area contributed by atoms with E-state index in [4.69, 9.17) is 0 Å². The molecular formula is C19H19N5O3S. The predicted molar refractivity (Wildman–Crippen MR) is 106 cm³/mol. The van der Waals surface area contributed by atoms with Gasteiger partial charge in [-0.1, -0.05) is 18.2 Å². The fourth-order valence-electron chi connectivity index (χ4n) is 3.94. The van der Waals surface area contributed by atoms with Crippen LogP contribution >= 0.6 is 0 Å². The molecule has 1 spiro atoms. The van der Waals surface area contributed by atoms with Crippen LogP contribution in [0.25, 0.3) is 11.0 Å². The van der Waals surface area contributed by atoms with E-state index in [2.05, 4.69) is 20.9 Å².